The van der Waals surface area contributed by atoms with Crippen molar-refractivity contribution < 1.29 is 28.6 Å². The molecule has 1 saturated heterocycles. The first-order chi connectivity index (χ1) is 15.5. The van der Waals surface area contributed by atoms with Crippen molar-refractivity contribution in [2.45, 2.75) is 31.2 Å². The van der Waals surface area contributed by atoms with Gasteiger partial charge in [0.25, 0.3) is 0 Å². The monoisotopic (exact) mass is 455 g/mol. The van der Waals surface area contributed by atoms with Crippen LogP contribution in [0.3, 0.4) is 0 Å². The van der Waals surface area contributed by atoms with Gasteiger partial charge < -0.3 is 23.9 Å². The summed E-state index contributed by atoms with van der Waals surface area (Å²) in [4.78, 5) is 27.6. The molecule has 1 atom stereocenters. The quantitative estimate of drug-likeness (QED) is 0.666. The SMILES string of the molecule is O=C1C(=O)c2ccccc2C2=C1SCC1(CCN(CC(O)COCc3ccco3)CC1)O2. The average Bonchev–Trinajstić information content (AvgIpc) is 3.33. The molecule has 1 fully saturated rings. The van der Waals surface area contributed by atoms with Gasteiger partial charge >= 0.3 is 0 Å². The lowest BCUT2D eigenvalue weighted by atomic mass is 9.90. The molecular weight excluding hydrogens is 430 g/mol. The number of aliphatic hydroxyl groups is 1. The van der Waals surface area contributed by atoms with E-state index in [1.54, 1.807) is 18.4 Å². The molecule has 32 heavy (non-hydrogen) atoms. The fourth-order valence-corrected chi connectivity index (χ4v) is 5.70. The van der Waals surface area contributed by atoms with Gasteiger partial charge in [-0.15, -0.1) is 11.8 Å². The highest BCUT2D eigenvalue weighted by Crippen LogP contribution is 2.47. The van der Waals surface area contributed by atoms with Gasteiger partial charge in [0.2, 0.25) is 11.6 Å². The van der Waals surface area contributed by atoms with E-state index in [0.29, 0.717) is 40.7 Å². The number of β-amino-alcohol motifs (C(OH)–C–C–N with tert-alkyl or cyclic N) is 1. The van der Waals surface area contributed by atoms with Crippen LogP contribution in [-0.2, 0) is 20.9 Å². The molecule has 3 heterocycles. The maximum Gasteiger partial charge on any atom is 0.243 e. The van der Waals surface area contributed by atoms with Gasteiger partial charge in [-0.1, -0.05) is 24.3 Å². The van der Waals surface area contributed by atoms with Crippen molar-refractivity contribution in [2.24, 2.45) is 0 Å². The third kappa shape index (κ3) is 4.15. The minimum absolute atomic E-state index is 0.248. The number of likely N-dealkylation sites (tertiary alicyclic amines) is 1. The number of hydrogen-bond acceptors (Lipinski definition) is 8. The fourth-order valence-electron chi connectivity index (χ4n) is 4.44. The zero-order valence-corrected chi connectivity index (χ0v) is 18.4. The zero-order valence-electron chi connectivity index (χ0n) is 17.6. The highest BCUT2D eigenvalue weighted by atomic mass is 32.2. The number of ketones is 2. The number of thioether (sulfide) groups is 1. The van der Waals surface area contributed by atoms with Gasteiger partial charge in [-0.3, -0.25) is 9.59 Å². The van der Waals surface area contributed by atoms with Gasteiger partial charge in [-0.25, -0.2) is 0 Å². The Kier molecular flexibility index (Phi) is 5.94. The summed E-state index contributed by atoms with van der Waals surface area (Å²) in [7, 11) is 0. The number of rotatable bonds is 6. The van der Waals surface area contributed by atoms with Crippen LogP contribution >= 0.6 is 11.8 Å². The van der Waals surface area contributed by atoms with Gasteiger partial charge in [0.15, 0.2) is 0 Å². The van der Waals surface area contributed by atoms with Crippen LogP contribution < -0.4 is 0 Å². The molecular formula is C24H25NO6S. The molecule has 1 aromatic heterocycles. The number of carbonyl (C=O) groups excluding carboxylic acids is 2. The summed E-state index contributed by atoms with van der Waals surface area (Å²) in [5.41, 5.74) is 0.767. The summed E-state index contributed by atoms with van der Waals surface area (Å²) in [5.74, 6) is 1.02. The fraction of sp³-hybridized carbons (Fsp3) is 0.417. The minimum Gasteiger partial charge on any atom is -0.484 e. The van der Waals surface area contributed by atoms with Crippen molar-refractivity contribution in [3.05, 3.63) is 64.5 Å². The van der Waals surface area contributed by atoms with Crippen LogP contribution in [0.15, 0.2) is 52.0 Å². The summed E-state index contributed by atoms with van der Waals surface area (Å²) in [6.07, 6.45) is 2.61. The van der Waals surface area contributed by atoms with Crippen molar-refractivity contribution in [1.82, 2.24) is 4.90 Å². The summed E-state index contributed by atoms with van der Waals surface area (Å²) in [6.45, 7) is 2.70. The largest absolute Gasteiger partial charge is 0.484 e. The van der Waals surface area contributed by atoms with Crippen LogP contribution in [0.5, 0.6) is 0 Å². The smallest absolute Gasteiger partial charge is 0.243 e. The maximum atomic E-state index is 12.6. The van der Waals surface area contributed by atoms with Gasteiger partial charge in [0.1, 0.15) is 28.6 Å². The molecule has 1 spiro atoms. The number of Topliss-reactive ketones (excluding diaryl/α,β-unsaturated/α-hetero) is 2. The molecule has 0 amide bonds. The van der Waals surface area contributed by atoms with Crippen LogP contribution in [0.1, 0.15) is 34.5 Å². The number of allylic oxidation sites excluding steroid dienone is 1. The topological polar surface area (TPSA) is 89.2 Å². The summed E-state index contributed by atoms with van der Waals surface area (Å²) >= 11 is 1.44. The van der Waals surface area contributed by atoms with E-state index >= 15 is 0 Å². The number of carbonyl (C=O) groups is 2. The van der Waals surface area contributed by atoms with Crippen molar-refractivity contribution in [2.75, 3.05) is 32.0 Å². The maximum absolute atomic E-state index is 12.6. The normalized spacial score (nSPS) is 21.3. The van der Waals surface area contributed by atoms with Crippen LogP contribution in [0.25, 0.3) is 5.76 Å². The molecule has 2 aliphatic heterocycles. The lowest BCUT2D eigenvalue weighted by molar-refractivity contribution is -0.111. The van der Waals surface area contributed by atoms with Crippen molar-refractivity contribution in [3.63, 3.8) is 0 Å². The highest BCUT2D eigenvalue weighted by molar-refractivity contribution is 8.04. The molecule has 1 aliphatic carbocycles. The molecule has 5 rings (SSSR count). The second-order valence-electron chi connectivity index (χ2n) is 8.48. The predicted molar refractivity (Wildman–Crippen MR) is 119 cm³/mol. The van der Waals surface area contributed by atoms with E-state index in [1.807, 2.05) is 24.3 Å². The Labute approximate surface area is 190 Å². The van der Waals surface area contributed by atoms with Gasteiger partial charge in [-0.05, 0) is 12.1 Å². The van der Waals surface area contributed by atoms with Gasteiger partial charge in [0, 0.05) is 49.4 Å². The number of hydrogen-bond donors (Lipinski definition) is 1. The first kappa shape index (κ1) is 21.5. The van der Waals surface area contributed by atoms with Crippen molar-refractivity contribution in [1.29, 1.82) is 0 Å². The third-order valence-corrected chi connectivity index (χ3v) is 7.53. The number of fused-ring (bicyclic) bond motifs is 2. The molecule has 8 heteroatoms. The van der Waals surface area contributed by atoms with Crippen molar-refractivity contribution >= 4 is 29.1 Å². The second kappa shape index (κ2) is 8.86. The van der Waals surface area contributed by atoms with Crippen LogP contribution in [-0.4, -0.2) is 65.3 Å². The summed E-state index contributed by atoms with van der Waals surface area (Å²) < 4.78 is 17.2. The van der Waals surface area contributed by atoms with Crippen LogP contribution in [0, 0.1) is 0 Å². The average molecular weight is 456 g/mol. The van der Waals surface area contributed by atoms with Crippen molar-refractivity contribution in [3.8, 4) is 0 Å². The molecule has 0 radical (unpaired) electrons. The molecule has 2 aromatic rings. The molecule has 1 unspecified atom stereocenters. The van der Waals surface area contributed by atoms with E-state index in [2.05, 4.69) is 4.90 Å². The Balaban J connectivity index is 1.18. The number of nitrogens with zero attached hydrogens (tertiary/aromatic N) is 1. The first-order valence-electron chi connectivity index (χ1n) is 10.8. The molecule has 1 N–H and O–H groups in total. The molecule has 1 aromatic carbocycles. The number of piperidine rings is 1. The lowest BCUT2D eigenvalue weighted by Gasteiger charge is -2.45. The third-order valence-electron chi connectivity index (χ3n) is 6.20. The number of aliphatic hydroxyl groups excluding tert-OH is 1. The van der Waals surface area contributed by atoms with E-state index in [9.17, 15) is 14.7 Å². The number of benzene rings is 1. The van der Waals surface area contributed by atoms with E-state index in [1.165, 1.54) is 11.8 Å². The molecule has 0 saturated carbocycles. The lowest BCUT2D eigenvalue weighted by Crippen LogP contribution is -2.51. The first-order valence-corrected chi connectivity index (χ1v) is 11.8. The Morgan fingerprint density at radius 2 is 1.88 bits per heavy atom. The van der Waals surface area contributed by atoms with Crippen LogP contribution in [0.2, 0.25) is 0 Å². The number of ether oxygens (including phenoxy) is 2. The highest BCUT2D eigenvalue weighted by Gasteiger charge is 2.45. The predicted octanol–water partition coefficient (Wildman–Crippen LogP) is 2.89. The van der Waals surface area contributed by atoms with E-state index < -0.39 is 17.7 Å². The Bertz CT molecular complexity index is 1040. The van der Waals surface area contributed by atoms with Gasteiger partial charge in [-0.2, -0.15) is 0 Å². The zero-order chi connectivity index (χ0) is 22.1. The molecule has 168 valence electrons. The second-order valence-corrected chi connectivity index (χ2v) is 9.47. The van der Waals surface area contributed by atoms with E-state index in [4.69, 9.17) is 13.9 Å². The Morgan fingerprint density at radius 3 is 2.62 bits per heavy atom. The van der Waals surface area contributed by atoms with E-state index in [-0.39, 0.29) is 12.2 Å². The summed E-state index contributed by atoms with van der Waals surface area (Å²) in [6, 6.07) is 10.8. The minimum atomic E-state index is -0.580. The standard InChI is InChI=1S/C24H25NO6S/c26-16(13-29-14-17-4-3-11-30-17)12-25-9-7-24(8-10-25)15-32-23-21(28)20(27)18-5-1-2-6-19(18)22(23)31-24/h1-6,11,16,26H,7-10,12-15H2. The Hall–Kier alpha value is -2.39. The molecule has 0 bridgehead atoms. The summed E-state index contributed by atoms with van der Waals surface area (Å²) in [5, 5.41) is 10.3. The number of furan rings is 1. The van der Waals surface area contributed by atoms with Gasteiger partial charge in [0.05, 0.1) is 19.0 Å². The Morgan fingerprint density at radius 1 is 1.09 bits per heavy atom. The van der Waals surface area contributed by atoms with E-state index in [0.717, 1.165) is 31.7 Å². The molecule has 7 nitrogen and oxygen atoms in total. The van der Waals surface area contributed by atoms with Crippen LogP contribution in [0.4, 0.5) is 0 Å². The molecule has 3 aliphatic rings.